The van der Waals surface area contributed by atoms with E-state index >= 15 is 0 Å². The fraction of sp³-hybridized carbons (Fsp3) is 0.0714. The van der Waals surface area contributed by atoms with E-state index in [-0.39, 0.29) is 23.6 Å². The van der Waals surface area contributed by atoms with Crippen LogP contribution in [0.25, 0.3) is 0 Å². The summed E-state index contributed by atoms with van der Waals surface area (Å²) in [5.41, 5.74) is -0.0175. The van der Waals surface area contributed by atoms with E-state index in [1.807, 2.05) is 0 Å². The largest absolute Gasteiger partial charge is 0.489 e. The Labute approximate surface area is 114 Å². The van der Waals surface area contributed by atoms with Gasteiger partial charge in [-0.15, -0.1) is 0 Å². The lowest BCUT2D eigenvalue weighted by Crippen LogP contribution is -1.99. The number of nitrogens with zero attached hydrogens (tertiary/aromatic N) is 2. The normalized spacial score (nSPS) is 9.80. The van der Waals surface area contributed by atoms with Crippen LogP contribution in [0.4, 0.5) is 10.1 Å². The number of rotatable bonds is 4. The average molecular weight is 272 g/mol. The van der Waals surface area contributed by atoms with Gasteiger partial charge >= 0.3 is 0 Å². The quantitative estimate of drug-likeness (QED) is 0.632. The van der Waals surface area contributed by atoms with Gasteiger partial charge in [0.15, 0.2) is 0 Å². The standard InChI is InChI=1S/C14H9FN2O3/c15-13-4-2-1-3-10(13)9-20-12-5-6-14(17(18)19)11(7-12)8-16/h1-7H,9H2. The van der Waals surface area contributed by atoms with Crippen LogP contribution in [0.5, 0.6) is 5.75 Å². The molecule has 6 heteroatoms. The molecule has 0 amide bonds. The van der Waals surface area contributed by atoms with Gasteiger partial charge in [-0.2, -0.15) is 5.26 Å². The second-order valence-electron chi connectivity index (χ2n) is 3.93. The summed E-state index contributed by atoms with van der Waals surface area (Å²) in [5.74, 6) is -0.120. The van der Waals surface area contributed by atoms with E-state index in [0.717, 1.165) is 0 Å². The van der Waals surface area contributed by atoms with E-state index in [1.54, 1.807) is 24.3 Å². The molecule has 5 nitrogen and oxygen atoms in total. The molecule has 0 saturated heterocycles. The smallest absolute Gasteiger partial charge is 0.287 e. The lowest BCUT2D eigenvalue weighted by molar-refractivity contribution is -0.385. The molecule has 0 bridgehead atoms. The van der Waals surface area contributed by atoms with Crippen molar-refractivity contribution in [1.29, 1.82) is 5.26 Å². The van der Waals surface area contributed by atoms with E-state index < -0.39 is 10.7 Å². The molecule has 100 valence electrons. The minimum atomic E-state index is -0.640. The zero-order chi connectivity index (χ0) is 14.5. The highest BCUT2D eigenvalue weighted by Gasteiger charge is 2.14. The average Bonchev–Trinajstić information content (AvgIpc) is 2.46. The second kappa shape index (κ2) is 5.80. The SMILES string of the molecule is N#Cc1cc(OCc2ccccc2F)ccc1[N+](=O)[O-]. The van der Waals surface area contributed by atoms with Crippen LogP contribution in [-0.2, 0) is 6.61 Å². The van der Waals surface area contributed by atoms with E-state index in [0.29, 0.717) is 5.56 Å². The van der Waals surface area contributed by atoms with Gasteiger partial charge in [0.05, 0.1) is 4.92 Å². The summed E-state index contributed by atoms with van der Waals surface area (Å²) in [6.45, 7) is -0.0185. The number of hydrogen-bond donors (Lipinski definition) is 0. The van der Waals surface area contributed by atoms with E-state index in [2.05, 4.69) is 0 Å². The van der Waals surface area contributed by atoms with Crippen molar-refractivity contribution in [1.82, 2.24) is 0 Å². The van der Waals surface area contributed by atoms with E-state index in [9.17, 15) is 14.5 Å². The van der Waals surface area contributed by atoms with Crippen molar-refractivity contribution in [2.45, 2.75) is 6.61 Å². The molecule has 2 rings (SSSR count). The third-order valence-corrected chi connectivity index (χ3v) is 2.64. The van der Waals surface area contributed by atoms with Crippen LogP contribution in [-0.4, -0.2) is 4.92 Å². The number of benzene rings is 2. The van der Waals surface area contributed by atoms with Crippen molar-refractivity contribution in [3.8, 4) is 11.8 Å². The Balaban J connectivity index is 2.17. The molecule has 0 aliphatic heterocycles. The summed E-state index contributed by atoms with van der Waals surface area (Å²) in [6, 6.07) is 11.7. The minimum Gasteiger partial charge on any atom is -0.489 e. The van der Waals surface area contributed by atoms with Crippen molar-refractivity contribution < 1.29 is 14.1 Å². The zero-order valence-electron chi connectivity index (χ0n) is 10.2. The molecule has 0 radical (unpaired) electrons. The Kier molecular flexibility index (Phi) is 3.91. The van der Waals surface area contributed by atoms with E-state index in [4.69, 9.17) is 10.00 Å². The first kappa shape index (κ1) is 13.5. The van der Waals surface area contributed by atoms with E-state index in [1.165, 1.54) is 24.3 Å². The summed E-state index contributed by atoms with van der Waals surface area (Å²) in [5, 5.41) is 19.5. The Bertz CT molecular complexity index is 695. The Hall–Kier alpha value is -2.94. The van der Waals surface area contributed by atoms with Gasteiger partial charge in [0.25, 0.3) is 5.69 Å². The number of nitro groups is 1. The second-order valence-corrected chi connectivity index (χ2v) is 3.93. The maximum Gasteiger partial charge on any atom is 0.287 e. The fourth-order valence-electron chi connectivity index (χ4n) is 1.63. The lowest BCUT2D eigenvalue weighted by Gasteiger charge is -2.07. The van der Waals surface area contributed by atoms with Gasteiger partial charge < -0.3 is 4.74 Å². The van der Waals surface area contributed by atoms with Crippen LogP contribution in [0.3, 0.4) is 0 Å². The summed E-state index contributed by atoms with van der Waals surface area (Å²) in [6.07, 6.45) is 0. The number of halogens is 1. The monoisotopic (exact) mass is 272 g/mol. The van der Waals surface area contributed by atoms with Gasteiger partial charge in [0.1, 0.15) is 29.8 Å². The summed E-state index contributed by atoms with van der Waals surface area (Å²) >= 11 is 0. The van der Waals surface area contributed by atoms with Crippen molar-refractivity contribution in [3.05, 3.63) is 69.5 Å². The molecule has 0 unspecified atom stereocenters. The lowest BCUT2D eigenvalue weighted by atomic mass is 10.2. The third kappa shape index (κ3) is 2.90. The van der Waals surface area contributed by atoms with Gasteiger partial charge in [-0.25, -0.2) is 4.39 Å². The first-order chi connectivity index (χ1) is 9.61. The molecular weight excluding hydrogens is 263 g/mol. The fourth-order valence-corrected chi connectivity index (χ4v) is 1.63. The summed E-state index contributed by atoms with van der Waals surface area (Å²) in [7, 11) is 0. The highest BCUT2D eigenvalue weighted by molar-refractivity contribution is 5.52. The molecular formula is C14H9FN2O3. The number of nitriles is 1. The van der Waals surface area contributed by atoms with Crippen LogP contribution in [0.1, 0.15) is 11.1 Å². The minimum absolute atomic E-state index is 0.0185. The van der Waals surface area contributed by atoms with Crippen LogP contribution in [0.2, 0.25) is 0 Å². The molecule has 0 aliphatic rings. The van der Waals surface area contributed by atoms with Crippen LogP contribution >= 0.6 is 0 Å². The number of nitro benzene ring substituents is 1. The van der Waals surface area contributed by atoms with Crippen LogP contribution in [0.15, 0.2) is 42.5 Å². The number of ether oxygens (including phenoxy) is 1. The van der Waals surface area contributed by atoms with Gasteiger partial charge in [0.2, 0.25) is 0 Å². The third-order valence-electron chi connectivity index (χ3n) is 2.64. The molecule has 20 heavy (non-hydrogen) atoms. The molecule has 2 aromatic carbocycles. The Morgan fingerprint density at radius 1 is 1.30 bits per heavy atom. The first-order valence-corrected chi connectivity index (χ1v) is 5.66. The molecule has 0 saturated carbocycles. The predicted octanol–water partition coefficient (Wildman–Crippen LogP) is 3.18. The maximum absolute atomic E-state index is 13.4. The van der Waals surface area contributed by atoms with Crippen molar-refractivity contribution in [2.75, 3.05) is 0 Å². The Morgan fingerprint density at radius 3 is 2.70 bits per heavy atom. The molecule has 0 aromatic heterocycles. The van der Waals surface area contributed by atoms with Gasteiger partial charge in [0, 0.05) is 17.7 Å². The molecule has 0 aliphatic carbocycles. The van der Waals surface area contributed by atoms with Gasteiger partial charge in [-0.1, -0.05) is 18.2 Å². The first-order valence-electron chi connectivity index (χ1n) is 5.66. The molecule has 2 aromatic rings. The van der Waals surface area contributed by atoms with Crippen molar-refractivity contribution in [3.63, 3.8) is 0 Å². The topological polar surface area (TPSA) is 76.2 Å². The summed E-state index contributed by atoms with van der Waals surface area (Å²) < 4.78 is 18.7. The molecule has 0 spiro atoms. The van der Waals surface area contributed by atoms with Crippen molar-refractivity contribution >= 4 is 5.69 Å². The molecule has 0 fully saturated rings. The zero-order valence-corrected chi connectivity index (χ0v) is 10.2. The molecule has 0 heterocycles. The number of hydrogen-bond acceptors (Lipinski definition) is 4. The summed E-state index contributed by atoms with van der Waals surface area (Å²) in [4.78, 5) is 10.0. The maximum atomic E-state index is 13.4. The highest BCUT2D eigenvalue weighted by atomic mass is 19.1. The van der Waals surface area contributed by atoms with Gasteiger partial charge in [-0.3, -0.25) is 10.1 Å². The van der Waals surface area contributed by atoms with Crippen LogP contribution in [0, 0.1) is 27.3 Å². The van der Waals surface area contributed by atoms with Gasteiger partial charge in [-0.05, 0) is 12.1 Å². The van der Waals surface area contributed by atoms with Crippen LogP contribution < -0.4 is 4.74 Å². The molecule has 0 atom stereocenters. The highest BCUT2D eigenvalue weighted by Crippen LogP contribution is 2.24. The van der Waals surface area contributed by atoms with Crippen molar-refractivity contribution in [2.24, 2.45) is 0 Å². The molecule has 0 N–H and O–H groups in total. The predicted molar refractivity (Wildman–Crippen MR) is 68.5 cm³/mol. The Morgan fingerprint density at radius 2 is 2.05 bits per heavy atom.